The summed E-state index contributed by atoms with van der Waals surface area (Å²) in [6.07, 6.45) is 17.4. The summed E-state index contributed by atoms with van der Waals surface area (Å²) in [4.78, 5) is 7.64. The minimum absolute atomic E-state index is 0. The third-order valence-electron chi connectivity index (χ3n) is 8.73. The van der Waals surface area contributed by atoms with Crippen molar-refractivity contribution in [2.45, 2.75) is 128 Å². The Morgan fingerprint density at radius 1 is 0.438 bits per heavy atom. The number of nitrogens with zero attached hydrogens (tertiary/aromatic N) is 3. The molecule has 32 heavy (non-hydrogen) atoms. The Balaban J connectivity index is 0. The fourth-order valence-corrected chi connectivity index (χ4v) is 6.58. The van der Waals surface area contributed by atoms with E-state index in [9.17, 15) is 0 Å². The van der Waals surface area contributed by atoms with Gasteiger partial charge in [-0.2, -0.15) is 0 Å². The second-order valence-corrected chi connectivity index (χ2v) is 10.1. The van der Waals surface area contributed by atoms with Gasteiger partial charge in [0.05, 0.1) is 13.2 Å². The Morgan fingerprint density at radius 2 is 0.688 bits per heavy atom. The molecule has 7 heteroatoms. The molecule has 6 saturated heterocycles. The maximum atomic E-state index is 5.39. The highest BCUT2D eigenvalue weighted by molar-refractivity contribution is 5.76. The van der Waals surface area contributed by atoms with Crippen LogP contribution in [0, 0.1) is 0 Å². The first kappa shape index (κ1) is 34.2. The second-order valence-electron chi connectivity index (χ2n) is 10.1. The summed E-state index contributed by atoms with van der Waals surface area (Å²) in [7, 11) is 6.80. The molecule has 6 unspecified atom stereocenters. The van der Waals surface area contributed by atoms with Gasteiger partial charge in [-0.15, -0.1) is 0 Å². The number of morpholine rings is 1. The summed E-state index contributed by atoms with van der Waals surface area (Å²) < 4.78 is 5.39. The van der Waals surface area contributed by atoms with Crippen LogP contribution in [0.4, 0.5) is 0 Å². The first-order valence-corrected chi connectivity index (χ1v) is 11.9. The third-order valence-corrected chi connectivity index (χ3v) is 8.73. The number of likely N-dealkylation sites (N-methyl/N-ethyl adjacent to an activating group) is 1. The van der Waals surface area contributed by atoms with Gasteiger partial charge in [-0.3, -0.25) is 4.90 Å². The Morgan fingerprint density at radius 3 is 0.938 bits per heavy atom. The van der Waals surface area contributed by atoms with Crippen LogP contribution in [0.2, 0.25) is 0 Å². The monoisotopic (exact) mass is 442 g/mol. The molecule has 0 aliphatic carbocycles. The standard InChI is InChI=1S/2C8H15N.C7H13NO.2CH4.3B/c2*1-9-7-3-2-4-8(9)6-5-7;1-8-6-2-3-7(8)5-9-4-6;;;;;/h2*7-8H,2-6H2,1H3;6-7H,2-5H2,1H3;2*1H4;;;. The summed E-state index contributed by atoms with van der Waals surface area (Å²) in [5.74, 6) is 0. The van der Waals surface area contributed by atoms with Crippen LogP contribution in [-0.4, -0.2) is 111 Å². The van der Waals surface area contributed by atoms with Crippen LogP contribution < -0.4 is 0 Å². The molecule has 6 aliphatic rings. The highest BCUT2D eigenvalue weighted by Gasteiger charge is 2.35. The molecule has 0 amide bonds. The fraction of sp³-hybridized carbons (Fsp3) is 1.00. The number of piperidine rings is 2. The zero-order chi connectivity index (χ0) is 18.8. The van der Waals surface area contributed by atoms with Crippen LogP contribution in [-0.2, 0) is 4.74 Å². The van der Waals surface area contributed by atoms with Crippen molar-refractivity contribution < 1.29 is 4.74 Å². The Hall–Kier alpha value is 0.0348. The van der Waals surface area contributed by atoms with Crippen molar-refractivity contribution >= 4 is 25.2 Å². The normalized spacial score (nSPS) is 36.8. The lowest BCUT2D eigenvalue weighted by Gasteiger charge is -2.30. The smallest absolute Gasteiger partial charge is 0.0622 e. The van der Waals surface area contributed by atoms with E-state index in [2.05, 4.69) is 35.8 Å². The fourth-order valence-electron chi connectivity index (χ4n) is 6.58. The molecule has 0 saturated carbocycles. The molecule has 6 rings (SSSR count). The number of ether oxygens (including phenoxy) is 1. The Bertz CT molecular complexity index is 373. The number of rotatable bonds is 0. The molecular formula is C25H51B3N3O. The lowest BCUT2D eigenvalue weighted by molar-refractivity contribution is -0.000705. The molecule has 181 valence electrons. The molecule has 6 fully saturated rings. The number of hydrogen-bond donors (Lipinski definition) is 0. The largest absolute Gasteiger partial charge is 0.378 e. The zero-order valence-electron chi connectivity index (χ0n) is 19.8. The summed E-state index contributed by atoms with van der Waals surface area (Å²) in [6.45, 7) is 1.93. The molecule has 0 aromatic rings. The number of hydrogen-bond acceptors (Lipinski definition) is 4. The van der Waals surface area contributed by atoms with Gasteiger partial charge in [-0.05, 0) is 85.4 Å². The van der Waals surface area contributed by atoms with E-state index in [-0.39, 0.29) is 40.1 Å². The first-order chi connectivity index (χ1) is 13.1. The molecule has 0 N–H and O–H groups in total. The van der Waals surface area contributed by atoms with Gasteiger partial charge in [0.15, 0.2) is 0 Å². The lowest BCUT2D eigenvalue weighted by atomic mass is 10.0. The Kier molecular flexibility index (Phi) is 16.9. The van der Waals surface area contributed by atoms with Gasteiger partial charge in [0.25, 0.3) is 0 Å². The van der Waals surface area contributed by atoms with E-state index in [4.69, 9.17) is 4.74 Å². The maximum absolute atomic E-state index is 5.39. The van der Waals surface area contributed by atoms with E-state index >= 15 is 0 Å². The Labute approximate surface area is 207 Å². The second kappa shape index (κ2) is 15.8. The highest BCUT2D eigenvalue weighted by Crippen LogP contribution is 2.34. The van der Waals surface area contributed by atoms with E-state index in [0.29, 0.717) is 0 Å². The topological polar surface area (TPSA) is 19.0 Å². The van der Waals surface area contributed by atoms with Crippen molar-refractivity contribution in [2.75, 3.05) is 34.4 Å². The van der Waals surface area contributed by atoms with Crippen molar-refractivity contribution in [1.29, 1.82) is 0 Å². The number of fused-ring (bicyclic) bond motifs is 6. The predicted octanol–water partition coefficient (Wildman–Crippen LogP) is 3.88. The zero-order valence-corrected chi connectivity index (χ0v) is 19.8. The van der Waals surface area contributed by atoms with Gasteiger partial charge in [0, 0.05) is 61.5 Å². The van der Waals surface area contributed by atoms with Crippen molar-refractivity contribution in [3.05, 3.63) is 0 Å². The van der Waals surface area contributed by atoms with Gasteiger partial charge >= 0.3 is 0 Å². The predicted molar refractivity (Wildman–Crippen MR) is 143 cm³/mol. The van der Waals surface area contributed by atoms with Gasteiger partial charge in [-0.1, -0.05) is 27.7 Å². The van der Waals surface area contributed by atoms with Gasteiger partial charge in [0.2, 0.25) is 0 Å². The average Bonchev–Trinajstić information content (AvgIpc) is 3.11. The molecule has 0 aromatic carbocycles. The molecule has 6 heterocycles. The lowest BCUT2D eigenvalue weighted by Crippen LogP contribution is -2.42. The summed E-state index contributed by atoms with van der Waals surface area (Å²) in [6, 6.07) is 5.33. The van der Waals surface area contributed by atoms with Crippen molar-refractivity contribution in [3.8, 4) is 0 Å². The third kappa shape index (κ3) is 7.78. The molecule has 4 nitrogen and oxygen atoms in total. The molecule has 6 aliphatic heterocycles. The highest BCUT2D eigenvalue weighted by atomic mass is 16.5. The van der Waals surface area contributed by atoms with Crippen molar-refractivity contribution in [1.82, 2.24) is 14.7 Å². The molecule has 9 radical (unpaired) electrons. The summed E-state index contributed by atoms with van der Waals surface area (Å²) in [5, 5.41) is 0. The molecular weight excluding hydrogens is 391 g/mol. The minimum atomic E-state index is 0. The van der Waals surface area contributed by atoms with Crippen LogP contribution >= 0.6 is 0 Å². The van der Waals surface area contributed by atoms with E-state index in [1.807, 2.05) is 0 Å². The minimum Gasteiger partial charge on any atom is -0.378 e. The average molecular weight is 442 g/mol. The van der Waals surface area contributed by atoms with Gasteiger partial charge in [0.1, 0.15) is 0 Å². The van der Waals surface area contributed by atoms with Crippen molar-refractivity contribution in [3.63, 3.8) is 0 Å². The molecule has 6 atom stereocenters. The van der Waals surface area contributed by atoms with Crippen LogP contribution in [0.15, 0.2) is 0 Å². The van der Waals surface area contributed by atoms with Crippen LogP contribution in [0.5, 0.6) is 0 Å². The van der Waals surface area contributed by atoms with Gasteiger partial charge < -0.3 is 14.5 Å². The van der Waals surface area contributed by atoms with E-state index < -0.39 is 0 Å². The van der Waals surface area contributed by atoms with Crippen LogP contribution in [0.3, 0.4) is 0 Å². The van der Waals surface area contributed by atoms with Gasteiger partial charge in [-0.25, -0.2) is 0 Å². The first-order valence-electron chi connectivity index (χ1n) is 11.9. The van der Waals surface area contributed by atoms with Crippen molar-refractivity contribution in [2.24, 2.45) is 0 Å². The van der Waals surface area contributed by atoms with Crippen LogP contribution in [0.1, 0.15) is 91.9 Å². The summed E-state index contributed by atoms with van der Waals surface area (Å²) in [5.41, 5.74) is 0. The molecule has 6 bridgehead atoms. The quantitative estimate of drug-likeness (QED) is 0.531. The SMILES string of the molecule is C.C.CN1C2CCC1COC2.CN1C2CCCC1CC2.CN1C2CCCC1CC2.[B].[B].[B]. The van der Waals surface area contributed by atoms with E-state index in [1.54, 1.807) is 0 Å². The molecule has 0 spiro atoms. The van der Waals surface area contributed by atoms with Crippen LogP contribution in [0.25, 0.3) is 0 Å². The van der Waals surface area contributed by atoms with E-state index in [1.165, 1.54) is 77.0 Å². The maximum Gasteiger partial charge on any atom is 0.0622 e. The van der Waals surface area contributed by atoms with E-state index in [0.717, 1.165) is 49.5 Å². The summed E-state index contributed by atoms with van der Waals surface area (Å²) >= 11 is 0. The molecule has 0 aromatic heterocycles.